The number of amides is 1. The summed E-state index contributed by atoms with van der Waals surface area (Å²) in [7, 11) is 0. The van der Waals surface area contributed by atoms with Crippen LogP contribution >= 0.6 is 0 Å². The molecule has 0 saturated carbocycles. The number of alkyl halides is 6. The number of H-pyrrole nitrogens is 1. The standard InChI is InChI=1S/C18H21N5O2.2C2HF3O2/c24-18(19-6-8-22-9-11-25-12-10-22)14-13-17(15-4-5-20-21-15)23-7-2-1-3-16(14)23;2*3-2(4,5)1(6)7/h1-5,7,13H,6,8-12H2,(H,19,24)(H,20,21);2*(H,6,7). The second kappa shape index (κ2) is 13.6. The molecule has 4 heterocycles. The average Bonchev–Trinajstić information content (AvgIpc) is 3.52. The van der Waals surface area contributed by atoms with Gasteiger partial charge in [-0.3, -0.25) is 14.8 Å². The molecule has 3 aromatic rings. The van der Waals surface area contributed by atoms with E-state index in [1.807, 2.05) is 40.9 Å². The number of nitrogens with zero attached hydrogens (tertiary/aromatic N) is 3. The van der Waals surface area contributed by atoms with Crippen LogP contribution in [0, 0.1) is 0 Å². The van der Waals surface area contributed by atoms with E-state index >= 15 is 0 Å². The number of carboxylic acids is 2. The highest BCUT2D eigenvalue weighted by Crippen LogP contribution is 2.24. The van der Waals surface area contributed by atoms with Gasteiger partial charge in [-0.1, -0.05) is 6.07 Å². The largest absolute Gasteiger partial charge is 0.490 e. The summed E-state index contributed by atoms with van der Waals surface area (Å²) >= 11 is 0. The molecule has 4 rings (SSSR count). The van der Waals surface area contributed by atoms with E-state index < -0.39 is 24.3 Å². The number of halogens is 6. The number of ether oxygens (including phenoxy) is 1. The Bertz CT molecular complexity index is 1210. The van der Waals surface area contributed by atoms with Gasteiger partial charge in [0.15, 0.2) is 0 Å². The number of hydrogen-bond donors (Lipinski definition) is 4. The lowest BCUT2D eigenvalue weighted by molar-refractivity contribution is -0.193. The smallest absolute Gasteiger partial charge is 0.475 e. The Morgan fingerprint density at radius 2 is 1.59 bits per heavy atom. The Morgan fingerprint density at radius 1 is 1.00 bits per heavy atom. The van der Waals surface area contributed by atoms with Crippen LogP contribution in [0.5, 0.6) is 0 Å². The van der Waals surface area contributed by atoms with E-state index in [0.29, 0.717) is 12.1 Å². The maximum Gasteiger partial charge on any atom is 0.490 e. The topological polar surface area (TPSA) is 149 Å². The highest BCUT2D eigenvalue weighted by Gasteiger charge is 2.38. The fourth-order valence-electron chi connectivity index (χ4n) is 3.19. The predicted octanol–water partition coefficient (Wildman–Crippen LogP) is 2.66. The molecule has 1 amide bonds. The second-order valence-electron chi connectivity index (χ2n) is 7.69. The van der Waals surface area contributed by atoms with Gasteiger partial charge in [-0.2, -0.15) is 31.4 Å². The first-order chi connectivity index (χ1) is 18.2. The van der Waals surface area contributed by atoms with Crippen molar-refractivity contribution in [3.8, 4) is 11.4 Å². The Labute approximate surface area is 216 Å². The molecule has 0 atom stereocenters. The van der Waals surface area contributed by atoms with Crippen LogP contribution in [0.3, 0.4) is 0 Å². The molecule has 4 N–H and O–H groups in total. The summed E-state index contributed by atoms with van der Waals surface area (Å²) in [5.41, 5.74) is 3.36. The van der Waals surface area contributed by atoms with Gasteiger partial charge in [-0.25, -0.2) is 9.59 Å². The van der Waals surface area contributed by atoms with Gasteiger partial charge in [0.25, 0.3) is 5.91 Å². The molecule has 0 unspecified atom stereocenters. The second-order valence-corrected chi connectivity index (χ2v) is 7.69. The number of rotatable bonds is 5. The molecule has 0 aromatic carbocycles. The maximum absolute atomic E-state index is 12.7. The zero-order chi connectivity index (χ0) is 29.2. The zero-order valence-corrected chi connectivity index (χ0v) is 19.9. The average molecular weight is 567 g/mol. The molecule has 1 fully saturated rings. The summed E-state index contributed by atoms with van der Waals surface area (Å²) in [4.78, 5) is 32.8. The minimum absolute atomic E-state index is 0.0530. The van der Waals surface area contributed by atoms with Crippen molar-refractivity contribution in [2.45, 2.75) is 12.4 Å². The van der Waals surface area contributed by atoms with E-state index in [0.717, 1.165) is 49.8 Å². The third kappa shape index (κ3) is 9.60. The Morgan fingerprint density at radius 3 is 2.10 bits per heavy atom. The molecule has 0 aliphatic carbocycles. The highest BCUT2D eigenvalue weighted by molar-refractivity contribution is 6.02. The van der Waals surface area contributed by atoms with Crippen molar-refractivity contribution in [3.63, 3.8) is 0 Å². The number of aliphatic carboxylic acids is 2. The lowest BCUT2D eigenvalue weighted by Crippen LogP contribution is -2.41. The van der Waals surface area contributed by atoms with Crippen LogP contribution in [0.15, 0.2) is 42.7 Å². The van der Waals surface area contributed by atoms with E-state index in [1.165, 1.54) is 0 Å². The van der Waals surface area contributed by atoms with Crippen LogP contribution in [-0.4, -0.2) is 99.3 Å². The third-order valence-corrected chi connectivity index (χ3v) is 5.00. The van der Waals surface area contributed by atoms with Crippen LogP contribution in [0.1, 0.15) is 10.4 Å². The first-order valence-corrected chi connectivity index (χ1v) is 11.0. The Hall–Kier alpha value is -4.12. The molecular weight excluding hydrogens is 544 g/mol. The molecule has 1 aliphatic rings. The first kappa shape index (κ1) is 31.1. The van der Waals surface area contributed by atoms with Crippen molar-refractivity contribution in [2.24, 2.45) is 0 Å². The summed E-state index contributed by atoms with van der Waals surface area (Å²) in [6, 6.07) is 9.65. The van der Waals surface area contributed by atoms with E-state index in [4.69, 9.17) is 24.5 Å². The fourth-order valence-corrected chi connectivity index (χ4v) is 3.19. The van der Waals surface area contributed by atoms with Crippen molar-refractivity contribution in [2.75, 3.05) is 39.4 Å². The summed E-state index contributed by atoms with van der Waals surface area (Å²) < 4.78 is 70.8. The lowest BCUT2D eigenvalue weighted by Gasteiger charge is -2.26. The molecule has 17 heteroatoms. The summed E-state index contributed by atoms with van der Waals surface area (Å²) in [6.45, 7) is 4.86. The summed E-state index contributed by atoms with van der Waals surface area (Å²) in [5, 5.41) is 24.3. The zero-order valence-electron chi connectivity index (χ0n) is 19.9. The van der Waals surface area contributed by atoms with Gasteiger partial charge in [0.05, 0.1) is 35.7 Å². The van der Waals surface area contributed by atoms with Crippen LogP contribution in [0.4, 0.5) is 26.3 Å². The van der Waals surface area contributed by atoms with Gasteiger partial charge in [0, 0.05) is 38.6 Å². The number of carbonyl (C=O) groups is 3. The van der Waals surface area contributed by atoms with Gasteiger partial charge in [0.1, 0.15) is 0 Å². The molecule has 1 saturated heterocycles. The van der Waals surface area contributed by atoms with Gasteiger partial charge in [-0.15, -0.1) is 0 Å². The summed E-state index contributed by atoms with van der Waals surface area (Å²) in [6.07, 6.45) is -6.50. The first-order valence-electron chi connectivity index (χ1n) is 11.0. The van der Waals surface area contributed by atoms with Crippen LogP contribution in [-0.2, 0) is 14.3 Å². The normalized spacial score (nSPS) is 14.0. The number of aromatic nitrogens is 3. The minimum Gasteiger partial charge on any atom is -0.475 e. The predicted molar refractivity (Wildman–Crippen MR) is 122 cm³/mol. The molecule has 0 spiro atoms. The van der Waals surface area contributed by atoms with Crippen molar-refractivity contribution in [1.29, 1.82) is 0 Å². The molecule has 1 aliphatic heterocycles. The number of pyridine rings is 1. The van der Waals surface area contributed by atoms with E-state index in [9.17, 15) is 31.1 Å². The number of nitrogens with one attached hydrogen (secondary N) is 2. The van der Waals surface area contributed by atoms with Crippen LogP contribution in [0.25, 0.3) is 16.9 Å². The van der Waals surface area contributed by atoms with Gasteiger partial charge in [0.2, 0.25) is 0 Å². The number of carbonyl (C=O) groups excluding carboxylic acids is 1. The van der Waals surface area contributed by atoms with E-state index in [-0.39, 0.29) is 5.91 Å². The molecule has 0 radical (unpaired) electrons. The third-order valence-electron chi connectivity index (χ3n) is 5.00. The number of carboxylic acid groups (broad SMARTS) is 2. The number of aromatic amines is 1. The van der Waals surface area contributed by atoms with Gasteiger partial charge < -0.3 is 24.7 Å². The number of fused-ring (bicyclic) bond motifs is 1. The Kier molecular flexibility index (Phi) is 10.9. The number of hydrogen-bond acceptors (Lipinski definition) is 6. The maximum atomic E-state index is 12.7. The number of morpholine rings is 1. The van der Waals surface area contributed by atoms with Gasteiger partial charge >= 0.3 is 24.3 Å². The summed E-state index contributed by atoms with van der Waals surface area (Å²) in [5.74, 6) is -5.57. The fraction of sp³-hybridized carbons (Fsp3) is 0.364. The molecule has 214 valence electrons. The van der Waals surface area contributed by atoms with Crippen molar-refractivity contribution < 1.29 is 55.7 Å². The highest BCUT2D eigenvalue weighted by atomic mass is 19.4. The van der Waals surface area contributed by atoms with Crippen molar-refractivity contribution in [3.05, 3.63) is 48.3 Å². The van der Waals surface area contributed by atoms with E-state index in [2.05, 4.69) is 20.4 Å². The van der Waals surface area contributed by atoms with Crippen molar-refractivity contribution in [1.82, 2.24) is 24.8 Å². The quantitative estimate of drug-likeness (QED) is 0.344. The molecular formula is C22H23F6N5O6. The molecule has 0 bridgehead atoms. The van der Waals surface area contributed by atoms with Crippen molar-refractivity contribution >= 4 is 23.4 Å². The van der Waals surface area contributed by atoms with Crippen LogP contribution < -0.4 is 5.32 Å². The van der Waals surface area contributed by atoms with Gasteiger partial charge in [-0.05, 0) is 24.3 Å². The molecule has 11 nitrogen and oxygen atoms in total. The monoisotopic (exact) mass is 567 g/mol. The Balaban J connectivity index is 0.000000317. The SMILES string of the molecule is O=C(NCCN1CCOCC1)c1cc(-c2ccn[nH]2)n2ccccc12.O=C(O)C(F)(F)F.O=C(O)C(F)(F)F. The van der Waals surface area contributed by atoms with E-state index in [1.54, 1.807) is 6.20 Å². The van der Waals surface area contributed by atoms with Crippen LogP contribution in [0.2, 0.25) is 0 Å². The minimum atomic E-state index is -5.08. The molecule has 39 heavy (non-hydrogen) atoms. The lowest BCUT2D eigenvalue weighted by atomic mass is 10.2. The molecule has 3 aromatic heterocycles.